The summed E-state index contributed by atoms with van der Waals surface area (Å²) in [4.78, 5) is 17.8. The molecule has 9 nitrogen and oxygen atoms in total. The van der Waals surface area contributed by atoms with Gasteiger partial charge in [-0.2, -0.15) is 9.97 Å². The number of methoxy groups -OCH3 is 1. The number of benzene rings is 2. The number of nitrogens with zero attached hydrogens (tertiary/aromatic N) is 5. The van der Waals surface area contributed by atoms with Crippen LogP contribution in [0.5, 0.6) is 11.8 Å². The summed E-state index contributed by atoms with van der Waals surface area (Å²) < 4.78 is 63.9. The molecule has 1 N–H and O–H groups in total. The number of rotatable bonds is 6. The first-order chi connectivity index (χ1) is 22.1. The second kappa shape index (κ2) is 11.6. The molecule has 0 radical (unpaired) electrons. The lowest BCUT2D eigenvalue weighted by atomic mass is 9.95. The van der Waals surface area contributed by atoms with Gasteiger partial charge in [0, 0.05) is 43.8 Å². The number of anilines is 1. The van der Waals surface area contributed by atoms with E-state index in [0.717, 1.165) is 19.4 Å². The predicted molar refractivity (Wildman–Crippen MR) is 167 cm³/mol. The molecule has 4 aromatic rings. The Morgan fingerprint density at radius 2 is 2.07 bits per heavy atom. The molecule has 46 heavy (non-hydrogen) atoms. The molecule has 3 saturated heterocycles. The SMILES string of the molecule is C#Cc1c(F)ccc2cc(O)cc(-c3ncc4c(N5CCOC[C@](C)(OC)C5)nc(OC[C@@]56CCCN5C[C@H](F)C6)nc4c3F)c12. The van der Waals surface area contributed by atoms with Crippen LogP contribution in [0.3, 0.4) is 0 Å². The van der Waals surface area contributed by atoms with Crippen LogP contribution in [0.25, 0.3) is 32.9 Å². The summed E-state index contributed by atoms with van der Waals surface area (Å²) in [5.74, 6) is 1.08. The van der Waals surface area contributed by atoms with Gasteiger partial charge in [-0.3, -0.25) is 9.88 Å². The molecule has 0 bridgehead atoms. The van der Waals surface area contributed by atoms with Crippen LogP contribution in [0.15, 0.2) is 30.5 Å². The summed E-state index contributed by atoms with van der Waals surface area (Å²) in [6.07, 6.45) is 8.25. The number of terminal acetylenes is 1. The van der Waals surface area contributed by atoms with Crippen molar-refractivity contribution in [1.82, 2.24) is 19.9 Å². The van der Waals surface area contributed by atoms with Crippen molar-refractivity contribution in [1.29, 1.82) is 0 Å². The molecule has 2 aromatic heterocycles. The number of aromatic nitrogens is 3. The molecule has 3 aliphatic heterocycles. The minimum absolute atomic E-state index is 0.0671. The lowest BCUT2D eigenvalue weighted by Gasteiger charge is -2.32. The van der Waals surface area contributed by atoms with Crippen molar-refractivity contribution in [3.05, 3.63) is 47.7 Å². The zero-order valence-corrected chi connectivity index (χ0v) is 25.7. The average molecular weight is 634 g/mol. The normalized spacial score (nSPS) is 25.1. The van der Waals surface area contributed by atoms with Crippen molar-refractivity contribution in [3.8, 4) is 35.4 Å². The van der Waals surface area contributed by atoms with E-state index in [2.05, 4.69) is 20.8 Å². The number of fused-ring (bicyclic) bond motifs is 3. The number of alkyl halides is 1. The van der Waals surface area contributed by atoms with Gasteiger partial charge in [0.25, 0.3) is 0 Å². The topological polar surface area (TPSA) is 93.1 Å². The van der Waals surface area contributed by atoms with Gasteiger partial charge in [-0.05, 0) is 49.9 Å². The summed E-state index contributed by atoms with van der Waals surface area (Å²) in [6.45, 7) is 4.75. The predicted octanol–water partition coefficient (Wildman–Crippen LogP) is 5.01. The maximum atomic E-state index is 16.8. The standard InChI is InChI=1S/C34H34F3N5O4/c1-4-23-26(36)7-6-20-12-22(43)13-24(27(20)23)29-28(37)30-25(15-38-29)31(41-10-11-45-18-33(2,17-41)44-3)40-32(39-30)46-19-34-8-5-9-42(34)16-21(35)14-34/h1,6-7,12-13,15,21,43H,5,8-11,14,16-19H2,2-3H3/t21-,33-,34+/m1/s1. The first kappa shape index (κ1) is 30.5. The van der Waals surface area contributed by atoms with E-state index in [1.54, 1.807) is 7.11 Å². The molecule has 0 spiro atoms. The highest BCUT2D eigenvalue weighted by Gasteiger charge is 2.49. The minimum atomic E-state index is -0.943. The molecule has 0 unspecified atom stereocenters. The van der Waals surface area contributed by atoms with Gasteiger partial charge in [-0.25, -0.2) is 13.2 Å². The van der Waals surface area contributed by atoms with Gasteiger partial charge in [0.2, 0.25) is 0 Å². The molecule has 7 rings (SSSR count). The van der Waals surface area contributed by atoms with Crippen molar-refractivity contribution in [3.63, 3.8) is 0 Å². The van der Waals surface area contributed by atoms with Crippen molar-refractivity contribution in [2.45, 2.75) is 43.5 Å². The molecule has 3 aliphatic rings. The van der Waals surface area contributed by atoms with E-state index in [1.165, 1.54) is 30.5 Å². The Morgan fingerprint density at radius 3 is 2.87 bits per heavy atom. The average Bonchev–Trinajstić information content (AvgIpc) is 3.49. The Bertz CT molecular complexity index is 1890. The van der Waals surface area contributed by atoms with Gasteiger partial charge in [0.05, 0.1) is 36.2 Å². The number of phenols is 1. The van der Waals surface area contributed by atoms with Gasteiger partial charge in [-0.1, -0.05) is 12.0 Å². The number of halogens is 3. The van der Waals surface area contributed by atoms with Crippen LogP contribution < -0.4 is 9.64 Å². The molecular formula is C34H34F3N5O4. The largest absolute Gasteiger partial charge is 0.508 e. The van der Waals surface area contributed by atoms with Crippen LogP contribution in [-0.2, 0) is 9.47 Å². The molecular weight excluding hydrogens is 599 g/mol. The monoisotopic (exact) mass is 633 g/mol. The van der Waals surface area contributed by atoms with E-state index in [0.29, 0.717) is 55.9 Å². The van der Waals surface area contributed by atoms with E-state index in [4.69, 9.17) is 25.6 Å². The van der Waals surface area contributed by atoms with Crippen LogP contribution in [-0.4, -0.2) is 95.4 Å². The van der Waals surface area contributed by atoms with Crippen LogP contribution in [0, 0.1) is 24.0 Å². The fourth-order valence-corrected chi connectivity index (χ4v) is 7.21. The summed E-state index contributed by atoms with van der Waals surface area (Å²) in [5, 5.41) is 11.5. The molecule has 3 atom stereocenters. The van der Waals surface area contributed by atoms with Crippen molar-refractivity contribution < 1.29 is 32.5 Å². The lowest BCUT2D eigenvalue weighted by Crippen LogP contribution is -2.44. The Balaban J connectivity index is 1.39. The molecule has 2 aromatic carbocycles. The Hall–Kier alpha value is -4.18. The van der Waals surface area contributed by atoms with Crippen molar-refractivity contribution >= 4 is 27.5 Å². The Kier molecular flexibility index (Phi) is 7.66. The number of aromatic hydroxyl groups is 1. The number of phenolic OH excluding ortho intramolecular Hbond substituents is 1. The highest BCUT2D eigenvalue weighted by Crippen LogP contribution is 2.42. The van der Waals surface area contributed by atoms with E-state index in [1.807, 2.05) is 11.8 Å². The summed E-state index contributed by atoms with van der Waals surface area (Å²) in [7, 11) is 1.60. The second-order valence-electron chi connectivity index (χ2n) is 12.7. The maximum Gasteiger partial charge on any atom is 0.319 e. The third-order valence-corrected chi connectivity index (χ3v) is 9.56. The van der Waals surface area contributed by atoms with Crippen molar-refractivity contribution in [2.24, 2.45) is 0 Å². The molecule has 0 aliphatic carbocycles. The smallest absolute Gasteiger partial charge is 0.319 e. The fourth-order valence-electron chi connectivity index (χ4n) is 7.21. The molecule has 3 fully saturated rings. The van der Waals surface area contributed by atoms with Gasteiger partial charge < -0.3 is 24.2 Å². The first-order valence-electron chi connectivity index (χ1n) is 15.3. The molecule has 5 heterocycles. The molecule has 0 saturated carbocycles. The highest BCUT2D eigenvalue weighted by atomic mass is 19.1. The van der Waals surface area contributed by atoms with Gasteiger partial charge in [0.15, 0.2) is 5.82 Å². The van der Waals surface area contributed by atoms with Crippen LogP contribution in [0.1, 0.15) is 31.7 Å². The molecule has 240 valence electrons. The first-order valence-corrected chi connectivity index (χ1v) is 15.3. The number of hydrogen-bond donors (Lipinski definition) is 1. The summed E-state index contributed by atoms with van der Waals surface area (Å²) in [6, 6.07) is 5.33. The van der Waals surface area contributed by atoms with Crippen LogP contribution >= 0.6 is 0 Å². The van der Waals surface area contributed by atoms with Gasteiger partial charge >= 0.3 is 6.01 Å². The second-order valence-corrected chi connectivity index (χ2v) is 12.7. The fraction of sp³-hybridized carbons (Fsp3) is 0.441. The summed E-state index contributed by atoms with van der Waals surface area (Å²) >= 11 is 0. The third-order valence-electron chi connectivity index (χ3n) is 9.56. The summed E-state index contributed by atoms with van der Waals surface area (Å²) in [5.41, 5.74) is -1.38. The van der Waals surface area contributed by atoms with E-state index < -0.39 is 28.9 Å². The van der Waals surface area contributed by atoms with E-state index >= 15 is 4.39 Å². The Labute approximate surface area is 264 Å². The van der Waals surface area contributed by atoms with Crippen molar-refractivity contribution in [2.75, 3.05) is 58.0 Å². The van der Waals surface area contributed by atoms with Crippen LogP contribution in [0.2, 0.25) is 0 Å². The van der Waals surface area contributed by atoms with Crippen LogP contribution in [0.4, 0.5) is 19.0 Å². The minimum Gasteiger partial charge on any atom is -0.508 e. The zero-order chi connectivity index (χ0) is 32.2. The quantitative estimate of drug-likeness (QED) is 0.295. The number of pyridine rings is 1. The Morgan fingerprint density at radius 1 is 1.22 bits per heavy atom. The zero-order valence-electron chi connectivity index (χ0n) is 25.7. The molecule has 12 heteroatoms. The van der Waals surface area contributed by atoms with Gasteiger partial charge in [-0.15, -0.1) is 6.42 Å². The molecule has 0 amide bonds. The number of hydrogen-bond acceptors (Lipinski definition) is 9. The third kappa shape index (κ3) is 5.16. The maximum absolute atomic E-state index is 16.8. The van der Waals surface area contributed by atoms with E-state index in [9.17, 15) is 13.9 Å². The number of ether oxygens (including phenoxy) is 3. The highest BCUT2D eigenvalue weighted by molar-refractivity contribution is 6.03. The lowest BCUT2D eigenvalue weighted by molar-refractivity contribution is -0.0448. The van der Waals surface area contributed by atoms with E-state index in [-0.39, 0.29) is 46.1 Å². The van der Waals surface area contributed by atoms with Gasteiger partial charge in [0.1, 0.15) is 47.0 Å².